The molecule has 1 amide bonds. The van der Waals surface area contributed by atoms with Crippen molar-refractivity contribution in [2.24, 2.45) is 5.73 Å². The lowest BCUT2D eigenvalue weighted by Crippen LogP contribution is -2.38. The summed E-state index contributed by atoms with van der Waals surface area (Å²) in [5.74, 6) is -0.448. The summed E-state index contributed by atoms with van der Waals surface area (Å²) in [6.45, 7) is 2.41. The standard InChI is InChI=1S/C13H26N2O4S/c1-10(20(2,17)18)13(16)15-8-3-9-19-12-6-4-11(14)5-7-12/h10-12H,3-9,14H2,1-2H3,(H,15,16). The molecule has 7 heteroatoms. The van der Waals surface area contributed by atoms with Gasteiger partial charge in [-0.2, -0.15) is 0 Å². The van der Waals surface area contributed by atoms with E-state index >= 15 is 0 Å². The summed E-state index contributed by atoms with van der Waals surface area (Å²) < 4.78 is 28.1. The second kappa shape index (κ2) is 7.95. The van der Waals surface area contributed by atoms with E-state index in [1.54, 1.807) is 0 Å². The van der Waals surface area contributed by atoms with Crippen LogP contribution in [0.2, 0.25) is 0 Å². The first-order chi connectivity index (χ1) is 9.30. The Morgan fingerprint density at radius 1 is 1.35 bits per heavy atom. The van der Waals surface area contributed by atoms with Gasteiger partial charge in [0, 0.05) is 25.4 Å². The molecule has 0 saturated heterocycles. The maximum Gasteiger partial charge on any atom is 0.238 e. The number of amides is 1. The number of carbonyl (C=O) groups excluding carboxylic acids is 1. The third kappa shape index (κ3) is 6.19. The fraction of sp³-hybridized carbons (Fsp3) is 0.923. The Balaban J connectivity index is 2.09. The van der Waals surface area contributed by atoms with Crippen LogP contribution in [0.4, 0.5) is 0 Å². The molecule has 1 fully saturated rings. The molecule has 3 N–H and O–H groups in total. The van der Waals surface area contributed by atoms with Crippen LogP contribution in [0.3, 0.4) is 0 Å². The van der Waals surface area contributed by atoms with Crippen molar-refractivity contribution in [3.63, 3.8) is 0 Å². The topological polar surface area (TPSA) is 98.5 Å². The molecule has 0 heterocycles. The highest BCUT2D eigenvalue weighted by Crippen LogP contribution is 2.19. The summed E-state index contributed by atoms with van der Waals surface area (Å²) in [5.41, 5.74) is 5.82. The predicted molar refractivity (Wildman–Crippen MR) is 78.1 cm³/mol. The van der Waals surface area contributed by atoms with E-state index in [9.17, 15) is 13.2 Å². The Labute approximate surface area is 121 Å². The maximum atomic E-state index is 11.5. The monoisotopic (exact) mass is 306 g/mol. The quantitative estimate of drug-likeness (QED) is 0.655. The molecule has 1 atom stereocenters. The number of nitrogens with two attached hydrogens (primary N) is 1. The van der Waals surface area contributed by atoms with Gasteiger partial charge in [0.1, 0.15) is 5.25 Å². The van der Waals surface area contributed by atoms with Gasteiger partial charge in [-0.15, -0.1) is 0 Å². The van der Waals surface area contributed by atoms with Gasteiger partial charge in [-0.3, -0.25) is 4.79 Å². The molecule has 1 rings (SSSR count). The lowest BCUT2D eigenvalue weighted by atomic mass is 9.94. The van der Waals surface area contributed by atoms with Crippen LogP contribution in [0.5, 0.6) is 0 Å². The number of hydrogen-bond donors (Lipinski definition) is 2. The van der Waals surface area contributed by atoms with Crippen molar-refractivity contribution in [2.45, 2.75) is 56.4 Å². The van der Waals surface area contributed by atoms with Crippen LogP contribution < -0.4 is 11.1 Å². The summed E-state index contributed by atoms with van der Waals surface area (Å²) in [5, 5.41) is 1.62. The number of nitrogens with one attached hydrogen (secondary N) is 1. The van der Waals surface area contributed by atoms with E-state index in [4.69, 9.17) is 10.5 Å². The van der Waals surface area contributed by atoms with Crippen LogP contribution in [-0.4, -0.2) is 51.1 Å². The van der Waals surface area contributed by atoms with Gasteiger partial charge in [0.05, 0.1) is 6.10 Å². The zero-order chi connectivity index (χ0) is 15.2. The van der Waals surface area contributed by atoms with E-state index < -0.39 is 21.0 Å². The highest BCUT2D eigenvalue weighted by Gasteiger charge is 2.23. The minimum atomic E-state index is -3.32. The molecule has 0 aromatic rings. The molecule has 1 aliphatic carbocycles. The lowest BCUT2D eigenvalue weighted by Gasteiger charge is -2.26. The van der Waals surface area contributed by atoms with E-state index in [1.807, 2.05) is 0 Å². The number of hydrogen-bond acceptors (Lipinski definition) is 5. The predicted octanol–water partition coefficient (Wildman–Crippen LogP) is 0.212. The smallest absolute Gasteiger partial charge is 0.238 e. The first-order valence-corrected chi connectivity index (χ1v) is 9.10. The zero-order valence-electron chi connectivity index (χ0n) is 12.3. The average molecular weight is 306 g/mol. The van der Waals surface area contributed by atoms with Crippen LogP contribution in [0, 0.1) is 0 Å². The third-order valence-corrected chi connectivity index (χ3v) is 5.20. The van der Waals surface area contributed by atoms with Gasteiger partial charge in [0.15, 0.2) is 9.84 Å². The van der Waals surface area contributed by atoms with E-state index in [1.165, 1.54) is 6.92 Å². The highest BCUT2D eigenvalue weighted by molar-refractivity contribution is 7.92. The maximum absolute atomic E-state index is 11.5. The average Bonchev–Trinajstić information content (AvgIpc) is 2.38. The van der Waals surface area contributed by atoms with Crippen LogP contribution in [-0.2, 0) is 19.4 Å². The second-order valence-corrected chi connectivity index (χ2v) is 7.89. The van der Waals surface area contributed by atoms with Crippen LogP contribution >= 0.6 is 0 Å². The van der Waals surface area contributed by atoms with Crippen LogP contribution in [0.1, 0.15) is 39.0 Å². The molecule has 0 aromatic heterocycles. The fourth-order valence-corrected chi connectivity index (χ4v) is 2.60. The van der Waals surface area contributed by atoms with Crippen molar-refractivity contribution < 1.29 is 17.9 Å². The van der Waals surface area contributed by atoms with Gasteiger partial charge in [-0.25, -0.2) is 8.42 Å². The Morgan fingerprint density at radius 2 is 1.95 bits per heavy atom. The Kier molecular flexibility index (Phi) is 6.91. The zero-order valence-corrected chi connectivity index (χ0v) is 13.1. The molecule has 118 valence electrons. The molecule has 6 nitrogen and oxygen atoms in total. The molecule has 1 unspecified atom stereocenters. The van der Waals surface area contributed by atoms with Crippen molar-refractivity contribution in [3.05, 3.63) is 0 Å². The normalized spacial score (nSPS) is 25.1. The molecular weight excluding hydrogens is 280 g/mol. The molecule has 0 radical (unpaired) electrons. The first kappa shape index (κ1) is 17.4. The molecule has 20 heavy (non-hydrogen) atoms. The van der Waals surface area contributed by atoms with Gasteiger partial charge in [-0.1, -0.05) is 0 Å². The lowest BCUT2D eigenvalue weighted by molar-refractivity contribution is -0.120. The number of ether oxygens (including phenoxy) is 1. The second-order valence-electron chi connectivity index (χ2n) is 5.52. The first-order valence-electron chi connectivity index (χ1n) is 7.14. The number of rotatable bonds is 7. The molecule has 1 saturated carbocycles. The van der Waals surface area contributed by atoms with Crippen LogP contribution in [0.15, 0.2) is 0 Å². The Morgan fingerprint density at radius 3 is 2.50 bits per heavy atom. The van der Waals surface area contributed by atoms with Crippen molar-refractivity contribution >= 4 is 15.7 Å². The summed E-state index contributed by atoms with van der Waals surface area (Å²) in [6.07, 6.45) is 6.04. The Bertz CT molecular complexity index is 403. The SMILES string of the molecule is CC(C(=O)NCCCOC1CCC(N)CC1)S(C)(=O)=O. The number of carbonyl (C=O) groups is 1. The largest absolute Gasteiger partial charge is 0.378 e. The van der Waals surface area contributed by atoms with Gasteiger partial charge in [0.2, 0.25) is 5.91 Å². The van der Waals surface area contributed by atoms with E-state index in [0.29, 0.717) is 25.6 Å². The molecule has 0 bridgehead atoms. The van der Waals surface area contributed by atoms with Crippen molar-refractivity contribution in [1.82, 2.24) is 5.32 Å². The van der Waals surface area contributed by atoms with E-state index in [2.05, 4.69) is 5.32 Å². The summed E-state index contributed by atoms with van der Waals surface area (Å²) in [4.78, 5) is 11.5. The minimum Gasteiger partial charge on any atom is -0.378 e. The summed E-state index contributed by atoms with van der Waals surface area (Å²) in [6, 6.07) is 0.312. The van der Waals surface area contributed by atoms with Gasteiger partial charge < -0.3 is 15.8 Å². The molecular formula is C13H26N2O4S. The van der Waals surface area contributed by atoms with Crippen molar-refractivity contribution in [2.75, 3.05) is 19.4 Å². The summed E-state index contributed by atoms with van der Waals surface area (Å²) >= 11 is 0. The molecule has 0 aliphatic heterocycles. The summed E-state index contributed by atoms with van der Waals surface area (Å²) in [7, 11) is -3.32. The van der Waals surface area contributed by atoms with Crippen LogP contribution in [0.25, 0.3) is 0 Å². The fourth-order valence-electron chi connectivity index (χ4n) is 2.13. The number of sulfone groups is 1. The minimum absolute atomic E-state index is 0.278. The van der Waals surface area contributed by atoms with E-state index in [-0.39, 0.29) is 6.10 Å². The highest BCUT2D eigenvalue weighted by atomic mass is 32.2. The van der Waals surface area contributed by atoms with Gasteiger partial charge >= 0.3 is 0 Å². The van der Waals surface area contributed by atoms with E-state index in [0.717, 1.165) is 31.9 Å². The van der Waals surface area contributed by atoms with Gasteiger partial charge in [0.25, 0.3) is 0 Å². The third-order valence-electron chi connectivity index (χ3n) is 3.70. The van der Waals surface area contributed by atoms with Gasteiger partial charge in [-0.05, 0) is 39.0 Å². The molecule has 1 aliphatic rings. The van der Waals surface area contributed by atoms with Crippen molar-refractivity contribution in [1.29, 1.82) is 0 Å². The molecule has 0 aromatic carbocycles. The Hall–Kier alpha value is -0.660. The van der Waals surface area contributed by atoms with Crippen molar-refractivity contribution in [3.8, 4) is 0 Å². The molecule has 0 spiro atoms.